The fraction of sp³-hybridized carbons (Fsp3) is 0.0500. The Morgan fingerprint density at radius 3 is 2.62 bits per heavy atom. The van der Waals surface area contributed by atoms with Gasteiger partial charge in [-0.1, -0.05) is 24.3 Å². The van der Waals surface area contributed by atoms with Crippen LogP contribution in [-0.2, 0) is 6.42 Å². The van der Waals surface area contributed by atoms with Gasteiger partial charge in [0.2, 0.25) is 0 Å². The average Bonchev–Trinajstić information content (AvgIpc) is 3.18. The Hall–Kier alpha value is -3.27. The number of aromatic nitrogens is 4. The number of hydrogen-bond donors (Lipinski definition) is 0. The van der Waals surface area contributed by atoms with Crippen molar-refractivity contribution in [2.45, 2.75) is 6.42 Å². The lowest BCUT2D eigenvalue weighted by Gasteiger charge is -2.09. The minimum atomic E-state index is 0.910. The Balaban J connectivity index is 1.90. The number of benzene rings is 1. The second kappa shape index (κ2) is 4.17. The number of nitrogens with zero attached hydrogens (tertiary/aromatic N) is 4. The molecule has 0 aliphatic heterocycles. The lowest BCUT2D eigenvalue weighted by atomic mass is 10.1. The van der Waals surface area contributed by atoms with Crippen LogP contribution in [0.5, 0.6) is 0 Å². The van der Waals surface area contributed by atoms with E-state index in [4.69, 9.17) is 4.98 Å². The Kier molecular flexibility index (Phi) is 2.12. The van der Waals surface area contributed by atoms with Gasteiger partial charge in [0, 0.05) is 46.7 Å². The maximum Gasteiger partial charge on any atom is 0.146 e. The molecule has 0 bridgehead atoms. The van der Waals surface area contributed by atoms with Gasteiger partial charge >= 0.3 is 0 Å². The molecule has 0 N–H and O–H groups in total. The van der Waals surface area contributed by atoms with Gasteiger partial charge in [-0.15, -0.1) is 0 Å². The van der Waals surface area contributed by atoms with E-state index < -0.39 is 0 Å². The van der Waals surface area contributed by atoms with Crippen LogP contribution in [0, 0.1) is 0 Å². The first kappa shape index (κ1) is 12.2. The van der Waals surface area contributed by atoms with E-state index in [1.807, 2.05) is 24.8 Å². The quantitative estimate of drug-likeness (QED) is 0.398. The van der Waals surface area contributed by atoms with Gasteiger partial charge in [-0.25, -0.2) is 4.98 Å². The van der Waals surface area contributed by atoms with Crippen LogP contribution in [0.15, 0.2) is 61.2 Å². The molecule has 1 aromatic carbocycles. The molecule has 0 atom stereocenters. The van der Waals surface area contributed by atoms with Gasteiger partial charge in [0.1, 0.15) is 5.65 Å². The molecule has 4 heteroatoms. The zero-order valence-corrected chi connectivity index (χ0v) is 12.8. The highest BCUT2D eigenvalue weighted by molar-refractivity contribution is 6.11. The van der Waals surface area contributed by atoms with E-state index >= 15 is 0 Å². The van der Waals surface area contributed by atoms with Crippen LogP contribution in [0.1, 0.15) is 11.3 Å². The first-order valence-corrected chi connectivity index (χ1v) is 8.01. The van der Waals surface area contributed by atoms with Gasteiger partial charge < -0.3 is 0 Å². The monoisotopic (exact) mass is 308 g/mol. The number of pyridine rings is 3. The number of fused-ring (bicyclic) bond motifs is 10. The van der Waals surface area contributed by atoms with Crippen LogP contribution < -0.4 is 0 Å². The fourth-order valence-electron chi connectivity index (χ4n) is 3.95. The fourth-order valence-corrected chi connectivity index (χ4v) is 3.95. The Bertz CT molecular complexity index is 1280. The minimum absolute atomic E-state index is 0.910. The molecule has 4 aromatic heterocycles. The van der Waals surface area contributed by atoms with Gasteiger partial charge in [0.15, 0.2) is 0 Å². The van der Waals surface area contributed by atoms with Gasteiger partial charge in [-0.2, -0.15) is 0 Å². The largest absolute Gasteiger partial charge is 0.294 e. The van der Waals surface area contributed by atoms with Crippen LogP contribution in [0.2, 0.25) is 0 Å². The van der Waals surface area contributed by atoms with Crippen molar-refractivity contribution in [2.75, 3.05) is 0 Å². The highest BCUT2D eigenvalue weighted by Crippen LogP contribution is 2.39. The molecule has 112 valence electrons. The predicted octanol–water partition coefficient (Wildman–Crippen LogP) is 4.00. The zero-order valence-electron chi connectivity index (χ0n) is 12.8. The summed E-state index contributed by atoms with van der Waals surface area (Å²) in [6.07, 6.45) is 8.44. The third-order valence-corrected chi connectivity index (χ3v) is 5.00. The minimum Gasteiger partial charge on any atom is -0.294 e. The van der Waals surface area contributed by atoms with Crippen molar-refractivity contribution < 1.29 is 0 Å². The van der Waals surface area contributed by atoms with E-state index in [2.05, 4.69) is 50.8 Å². The second-order valence-electron chi connectivity index (χ2n) is 6.21. The third-order valence-electron chi connectivity index (χ3n) is 5.00. The molecule has 1 aliphatic rings. The van der Waals surface area contributed by atoms with Crippen molar-refractivity contribution in [1.82, 2.24) is 19.4 Å². The molecule has 0 amide bonds. The molecule has 24 heavy (non-hydrogen) atoms. The van der Waals surface area contributed by atoms with E-state index in [0.29, 0.717) is 0 Å². The van der Waals surface area contributed by atoms with Crippen molar-refractivity contribution in [2.24, 2.45) is 0 Å². The van der Waals surface area contributed by atoms with Crippen LogP contribution in [-0.4, -0.2) is 19.4 Å². The number of imidazole rings is 1. The van der Waals surface area contributed by atoms with E-state index in [9.17, 15) is 0 Å². The van der Waals surface area contributed by atoms with Gasteiger partial charge in [-0.3, -0.25) is 14.4 Å². The van der Waals surface area contributed by atoms with Crippen molar-refractivity contribution in [3.8, 4) is 11.3 Å². The summed E-state index contributed by atoms with van der Waals surface area (Å²) in [5, 5.41) is 3.42. The van der Waals surface area contributed by atoms with Crippen molar-refractivity contribution >= 4 is 27.3 Å². The molecule has 1 aliphatic carbocycles. The van der Waals surface area contributed by atoms with Crippen LogP contribution in [0.3, 0.4) is 0 Å². The molecule has 0 spiro atoms. The van der Waals surface area contributed by atoms with E-state index in [1.165, 1.54) is 16.8 Å². The van der Waals surface area contributed by atoms with Gasteiger partial charge in [0.25, 0.3) is 0 Å². The first-order chi connectivity index (χ1) is 11.9. The number of hydrogen-bond acceptors (Lipinski definition) is 3. The van der Waals surface area contributed by atoms with Crippen LogP contribution >= 0.6 is 0 Å². The standard InChI is InChI=1S/C20H12N4/c1-2-4-13-12(3-1)9-17-19(13)23-20-15-6-8-21-10-16(15)14-5-7-22-11-18(14)24(17)20/h1-8,10-11H,9H2. The van der Waals surface area contributed by atoms with Gasteiger partial charge in [0.05, 0.1) is 23.1 Å². The highest BCUT2D eigenvalue weighted by atomic mass is 15.0. The smallest absolute Gasteiger partial charge is 0.146 e. The van der Waals surface area contributed by atoms with E-state index in [0.717, 1.165) is 39.4 Å². The maximum absolute atomic E-state index is 5.02. The SMILES string of the molecule is c1ccc2c(c1)Cc1c-2nc2c3ccncc3c3ccncc3n12. The third kappa shape index (κ3) is 1.36. The predicted molar refractivity (Wildman–Crippen MR) is 94.0 cm³/mol. The van der Waals surface area contributed by atoms with Crippen LogP contribution in [0.4, 0.5) is 0 Å². The molecule has 0 saturated heterocycles. The molecule has 0 saturated carbocycles. The molecule has 4 nitrogen and oxygen atoms in total. The summed E-state index contributed by atoms with van der Waals surface area (Å²) >= 11 is 0. The molecule has 0 radical (unpaired) electrons. The summed E-state index contributed by atoms with van der Waals surface area (Å²) in [6, 6.07) is 12.6. The number of rotatable bonds is 0. The van der Waals surface area contributed by atoms with Crippen molar-refractivity contribution in [3.05, 3.63) is 72.4 Å². The lowest BCUT2D eigenvalue weighted by Crippen LogP contribution is -1.96. The zero-order chi connectivity index (χ0) is 15.7. The average molecular weight is 308 g/mol. The highest BCUT2D eigenvalue weighted by Gasteiger charge is 2.25. The van der Waals surface area contributed by atoms with Crippen molar-refractivity contribution in [3.63, 3.8) is 0 Å². The Morgan fingerprint density at radius 2 is 1.67 bits per heavy atom. The molecular formula is C20H12N4. The summed E-state index contributed by atoms with van der Waals surface area (Å²) in [4.78, 5) is 13.7. The maximum atomic E-state index is 5.02. The molecule has 0 fully saturated rings. The summed E-state index contributed by atoms with van der Waals surface area (Å²) < 4.78 is 2.28. The molecule has 0 unspecified atom stereocenters. The molecule has 5 aromatic rings. The summed E-state index contributed by atoms with van der Waals surface area (Å²) in [5.74, 6) is 0. The topological polar surface area (TPSA) is 43.1 Å². The molecule has 6 rings (SSSR count). The normalized spacial score (nSPS) is 12.8. The Morgan fingerprint density at radius 1 is 0.833 bits per heavy atom. The first-order valence-electron chi connectivity index (χ1n) is 8.01. The van der Waals surface area contributed by atoms with Crippen molar-refractivity contribution in [1.29, 1.82) is 0 Å². The van der Waals surface area contributed by atoms with Gasteiger partial charge in [-0.05, 0) is 17.7 Å². The summed E-state index contributed by atoms with van der Waals surface area (Å²) in [5.41, 5.74) is 7.02. The van der Waals surface area contributed by atoms with E-state index in [-0.39, 0.29) is 0 Å². The summed E-state index contributed by atoms with van der Waals surface area (Å²) in [6.45, 7) is 0. The summed E-state index contributed by atoms with van der Waals surface area (Å²) in [7, 11) is 0. The van der Waals surface area contributed by atoms with E-state index in [1.54, 1.807) is 0 Å². The second-order valence-corrected chi connectivity index (χ2v) is 6.21. The molecular weight excluding hydrogens is 296 g/mol. The lowest BCUT2D eigenvalue weighted by molar-refractivity contribution is 1.09. The Labute approximate surface area is 137 Å². The van der Waals surface area contributed by atoms with Crippen LogP contribution in [0.25, 0.3) is 38.6 Å². The molecule has 4 heterocycles.